The maximum atomic E-state index is 7.57. The molecule has 0 saturated carbocycles. The summed E-state index contributed by atoms with van der Waals surface area (Å²) in [5, 5.41) is 0. The zero-order chi connectivity index (χ0) is 90.7. The molecule has 6 nitrogen and oxygen atoms in total. The molecule has 138 heavy (non-hydrogen) atoms. The second-order valence-electron chi connectivity index (χ2n) is 36.9. The molecule has 6 heterocycles. The first-order valence-electron chi connectivity index (χ1n) is 47.4. The minimum atomic E-state index is -0.821. The van der Waals surface area contributed by atoms with Gasteiger partial charge in [0.1, 0.15) is 34.5 Å². The minimum Gasteiger partial charge on any atom is -0.457 e. The lowest BCUT2D eigenvalue weighted by molar-refractivity contribution is 0.436. The van der Waals surface area contributed by atoms with E-state index in [1.165, 1.54) is 66.8 Å². The summed E-state index contributed by atoms with van der Waals surface area (Å²) in [6, 6.07) is 179. The monoisotopic (exact) mass is 1760 g/mol. The summed E-state index contributed by atoms with van der Waals surface area (Å²) in [7, 11) is 0. The molecule has 28 rings (SSSR count). The van der Waals surface area contributed by atoms with Gasteiger partial charge in [0.05, 0.1) is 50.4 Å². The highest BCUT2D eigenvalue weighted by molar-refractivity contribution is 6.00. The summed E-state index contributed by atoms with van der Waals surface area (Å²) < 4.78 is 21.9. The third-order valence-corrected chi connectivity index (χ3v) is 29.7. The molecular weight excluding hydrogens is 1680 g/mol. The Kier molecular flexibility index (Phi) is 17.7. The van der Waals surface area contributed by atoms with Gasteiger partial charge >= 0.3 is 0 Å². The average molecular weight is 1760 g/mol. The predicted octanol–water partition coefficient (Wildman–Crippen LogP) is 33.3. The third-order valence-electron chi connectivity index (χ3n) is 29.7. The number of ether oxygens (including phenoxy) is 3. The summed E-state index contributed by atoms with van der Waals surface area (Å²) in [6.07, 6.45) is 0. The van der Waals surface area contributed by atoms with Crippen LogP contribution < -0.4 is 14.2 Å². The molecule has 642 valence electrons. The lowest BCUT2D eigenvalue weighted by Gasteiger charge is -2.40. The molecule has 6 aliphatic rings. The summed E-state index contributed by atoms with van der Waals surface area (Å²) >= 11 is 0. The number of pyridine rings is 3. The number of aromatic nitrogens is 3. The highest BCUT2D eigenvalue weighted by Crippen LogP contribution is 2.68. The fourth-order valence-corrected chi connectivity index (χ4v) is 23.8. The summed E-state index contributed by atoms with van der Waals surface area (Å²) in [5.41, 5.74) is 43.0. The van der Waals surface area contributed by atoms with Crippen LogP contribution in [0.1, 0.15) is 66.8 Å². The molecule has 19 aromatic carbocycles. The van der Waals surface area contributed by atoms with E-state index in [-0.39, 0.29) is 0 Å². The Morgan fingerprint density at radius 3 is 0.913 bits per heavy atom. The highest BCUT2D eigenvalue weighted by Gasteiger charge is 2.55. The third kappa shape index (κ3) is 11.9. The van der Waals surface area contributed by atoms with Crippen LogP contribution in [0.4, 0.5) is 0 Å². The van der Waals surface area contributed by atoms with E-state index in [1.54, 1.807) is 0 Å². The number of benzene rings is 19. The van der Waals surface area contributed by atoms with E-state index in [0.29, 0.717) is 0 Å². The van der Waals surface area contributed by atoms with Gasteiger partial charge in [0, 0.05) is 72.3 Å². The van der Waals surface area contributed by atoms with Crippen LogP contribution >= 0.6 is 0 Å². The van der Waals surface area contributed by atoms with E-state index in [2.05, 4.69) is 491 Å². The molecule has 1 atom stereocenters. The number of hydrogen-bond donors (Lipinski definition) is 0. The number of rotatable bonds is 12. The number of fused-ring (bicyclic) bond motifs is 27. The van der Waals surface area contributed by atoms with Crippen LogP contribution in [0.15, 0.2) is 491 Å². The lowest BCUT2D eigenvalue weighted by atomic mass is 9.65. The Morgan fingerprint density at radius 2 is 0.406 bits per heavy atom. The van der Waals surface area contributed by atoms with Crippen LogP contribution in [0.25, 0.3) is 168 Å². The molecule has 1 unspecified atom stereocenters. The van der Waals surface area contributed by atoms with Gasteiger partial charge in [-0.2, -0.15) is 0 Å². The largest absolute Gasteiger partial charge is 0.457 e. The van der Waals surface area contributed by atoms with Crippen molar-refractivity contribution in [1.82, 2.24) is 15.0 Å². The first-order chi connectivity index (χ1) is 68.4. The average Bonchev–Trinajstić information content (AvgIpc) is 1.50. The van der Waals surface area contributed by atoms with E-state index in [9.17, 15) is 0 Å². The fraction of sp³-hybridized carbons (Fsp3) is 0.0227. The van der Waals surface area contributed by atoms with Crippen LogP contribution in [0.5, 0.6) is 34.5 Å². The Hall–Kier alpha value is -18.0. The zero-order valence-electron chi connectivity index (χ0n) is 74.8. The standard InChI is InChI=1S/C132H81N3O3/c1-4-32-82(33-5-1)87-38-27-42-92(73-87)120-78-95(79-122(135-120)104-51-31-62-115-129(104)138-124-64-24-21-58-111(124)130(115)105-52-15-10-44-99(105)100-45-11-16-53-106(100)130)89-40-26-41-91(72-89)97-49-29-60-113-127(97)103-48-14-19-56-109(103)132(113)112-59-22-25-65-125(112)137-128-98(50-30-61-114(128)132)96-80-119(85-36-8-3-9-37-85)134-121(81-96)93-43-28-39-88(74-93)83-66-68-86(69-67-83)118-77-94(76-117(133-118)84-34-6-2-7-35-84)90-70-71-126-116(75-90)131(110-57-20-23-63-123(110)136-126)107-54-17-12-46-101(107)102-47-13-18-55-108(102)131/h1-81H. The molecule has 0 amide bonds. The van der Waals surface area contributed by atoms with Gasteiger partial charge in [-0.3, -0.25) is 0 Å². The van der Waals surface area contributed by atoms with Crippen molar-refractivity contribution in [2.24, 2.45) is 0 Å². The molecule has 0 saturated heterocycles. The van der Waals surface area contributed by atoms with Crippen molar-refractivity contribution in [2.75, 3.05) is 0 Å². The van der Waals surface area contributed by atoms with E-state index >= 15 is 0 Å². The van der Waals surface area contributed by atoms with E-state index in [1.807, 2.05) is 0 Å². The number of nitrogens with zero attached hydrogens (tertiary/aromatic N) is 3. The predicted molar refractivity (Wildman–Crippen MR) is 557 cm³/mol. The fourth-order valence-electron chi connectivity index (χ4n) is 23.8. The molecular formula is C132H81N3O3. The Morgan fingerprint density at radius 1 is 0.130 bits per heavy atom. The second-order valence-corrected chi connectivity index (χ2v) is 36.9. The van der Waals surface area contributed by atoms with Gasteiger partial charge in [0.15, 0.2) is 0 Å². The van der Waals surface area contributed by atoms with Crippen molar-refractivity contribution in [2.45, 2.75) is 16.2 Å². The first-order valence-corrected chi connectivity index (χ1v) is 47.4. The van der Waals surface area contributed by atoms with Crippen molar-refractivity contribution < 1.29 is 14.2 Å². The molecule has 0 bridgehead atoms. The SMILES string of the molecule is c1ccc(-c2cccc(-c3cc(-c4cccc(-c5cccc6c5-c5ccccc5C65c6ccccc6Oc6c(-c7cc(-c8ccccc8)nc(-c8cccc(-c9ccc(-c%10cc(-c%11ccc%12c(c%11)C%11(c%13ccccc%13O%12)c%12ccccc%12-c%12ccccc%12%11)cc(-c%11ccccc%11)n%10)cc9)c8)c7)cccc65)c4)cc(-c4cccc5c4Oc4ccccc4C54c5ccccc5-c5ccccc54)n3)c2)cc1. The normalized spacial score (nSPS) is 14.3. The second kappa shape index (κ2) is 31.1. The molecule has 22 aromatic rings. The van der Waals surface area contributed by atoms with E-state index < -0.39 is 16.2 Å². The van der Waals surface area contributed by atoms with Gasteiger partial charge in [0.2, 0.25) is 0 Å². The lowest BCUT2D eigenvalue weighted by Crippen LogP contribution is -2.32. The van der Waals surface area contributed by atoms with Crippen molar-refractivity contribution in [3.8, 4) is 202 Å². The van der Waals surface area contributed by atoms with Crippen LogP contribution in [-0.2, 0) is 16.2 Å². The molecule has 0 fully saturated rings. The Bertz CT molecular complexity index is 8730. The molecule has 0 radical (unpaired) electrons. The van der Waals surface area contributed by atoms with Gasteiger partial charge in [-0.25, -0.2) is 15.0 Å². The van der Waals surface area contributed by atoms with Crippen molar-refractivity contribution in [1.29, 1.82) is 0 Å². The molecule has 3 aliphatic heterocycles. The molecule has 6 heteroatoms. The van der Waals surface area contributed by atoms with Crippen molar-refractivity contribution in [3.63, 3.8) is 0 Å². The van der Waals surface area contributed by atoms with E-state index in [0.717, 1.165) is 202 Å². The maximum Gasteiger partial charge on any atom is 0.141 e. The highest BCUT2D eigenvalue weighted by atomic mass is 16.5. The molecule has 3 aliphatic carbocycles. The van der Waals surface area contributed by atoms with Gasteiger partial charge < -0.3 is 14.2 Å². The van der Waals surface area contributed by atoms with Gasteiger partial charge in [-0.05, 0) is 219 Å². The van der Waals surface area contributed by atoms with Crippen LogP contribution in [0.3, 0.4) is 0 Å². The summed E-state index contributed by atoms with van der Waals surface area (Å²) in [4.78, 5) is 16.8. The molecule has 3 aromatic heterocycles. The van der Waals surface area contributed by atoms with Gasteiger partial charge in [-0.15, -0.1) is 0 Å². The van der Waals surface area contributed by atoms with Crippen LogP contribution in [0.2, 0.25) is 0 Å². The smallest absolute Gasteiger partial charge is 0.141 e. The van der Waals surface area contributed by atoms with Crippen LogP contribution in [-0.4, -0.2) is 15.0 Å². The van der Waals surface area contributed by atoms with Crippen molar-refractivity contribution >= 4 is 0 Å². The molecule has 0 N–H and O–H groups in total. The van der Waals surface area contributed by atoms with Gasteiger partial charge in [-0.1, -0.05) is 400 Å². The number of hydrogen-bond acceptors (Lipinski definition) is 6. The summed E-state index contributed by atoms with van der Waals surface area (Å²) in [6.45, 7) is 0. The number of para-hydroxylation sites is 5. The topological polar surface area (TPSA) is 66.4 Å². The quantitative estimate of drug-likeness (QED) is 0.121. The zero-order valence-corrected chi connectivity index (χ0v) is 74.8. The maximum absolute atomic E-state index is 7.57. The Balaban J connectivity index is 0.547. The minimum absolute atomic E-state index is 0.608. The van der Waals surface area contributed by atoms with E-state index in [4.69, 9.17) is 29.2 Å². The van der Waals surface area contributed by atoms with Gasteiger partial charge in [0.25, 0.3) is 0 Å². The van der Waals surface area contributed by atoms with Crippen LogP contribution in [0, 0.1) is 0 Å². The Labute approximate surface area is 800 Å². The van der Waals surface area contributed by atoms with Crippen molar-refractivity contribution in [3.05, 3.63) is 558 Å². The molecule has 3 spiro atoms. The first kappa shape index (κ1) is 78.7. The summed E-state index contributed by atoms with van der Waals surface area (Å²) in [5.74, 6) is 4.94.